The Hall–Kier alpha value is -2.66. The maximum Gasteiger partial charge on any atom is 0.261 e. The molecule has 2 aromatic carbocycles. The highest BCUT2D eigenvalue weighted by molar-refractivity contribution is 6.31. The lowest BCUT2D eigenvalue weighted by molar-refractivity contribution is 0.0940. The van der Waals surface area contributed by atoms with Crippen molar-refractivity contribution in [1.29, 1.82) is 0 Å². The zero-order valence-electron chi connectivity index (χ0n) is 14.3. The Labute approximate surface area is 155 Å². The molecule has 4 rings (SSSR count). The molecule has 1 atom stereocenters. The van der Waals surface area contributed by atoms with Gasteiger partial charge in [0.05, 0.1) is 16.9 Å². The number of aryl methyl sites for hydroxylation is 1. The van der Waals surface area contributed by atoms with E-state index in [1.165, 1.54) is 0 Å². The molecule has 5 nitrogen and oxygen atoms in total. The fourth-order valence-electron chi connectivity index (χ4n) is 3.41. The van der Waals surface area contributed by atoms with Gasteiger partial charge < -0.3 is 5.32 Å². The summed E-state index contributed by atoms with van der Waals surface area (Å²) >= 11 is 6.20. The summed E-state index contributed by atoms with van der Waals surface area (Å²) in [7, 11) is 0. The van der Waals surface area contributed by atoms with Gasteiger partial charge in [-0.2, -0.15) is 0 Å². The van der Waals surface area contributed by atoms with Gasteiger partial charge in [-0.05, 0) is 43.2 Å². The zero-order chi connectivity index (χ0) is 18.3. The fourth-order valence-corrected chi connectivity index (χ4v) is 3.71. The Bertz CT molecular complexity index is 1070. The molecule has 1 aliphatic heterocycles. The lowest BCUT2D eigenvalue weighted by Crippen LogP contribution is -2.27. The number of hydrogen-bond acceptors (Lipinski definition) is 3. The summed E-state index contributed by atoms with van der Waals surface area (Å²) in [5, 5.41) is 4.11. The third kappa shape index (κ3) is 2.88. The summed E-state index contributed by atoms with van der Waals surface area (Å²) in [5.41, 5.74) is 1.88. The van der Waals surface area contributed by atoms with Crippen LogP contribution in [0.2, 0.25) is 5.02 Å². The van der Waals surface area contributed by atoms with Crippen LogP contribution in [-0.4, -0.2) is 15.5 Å². The van der Waals surface area contributed by atoms with Gasteiger partial charge in [0.2, 0.25) is 0 Å². The van der Waals surface area contributed by atoms with Crippen LogP contribution in [0, 0.1) is 0 Å². The van der Waals surface area contributed by atoms with Crippen molar-refractivity contribution in [2.75, 3.05) is 0 Å². The Kier molecular flexibility index (Phi) is 4.24. The number of fused-ring (bicyclic) bond motifs is 2. The topological polar surface area (TPSA) is 64.0 Å². The van der Waals surface area contributed by atoms with E-state index in [0.717, 1.165) is 24.2 Å². The van der Waals surface area contributed by atoms with E-state index in [-0.39, 0.29) is 17.5 Å². The highest BCUT2D eigenvalue weighted by Gasteiger charge is 2.18. The molecule has 0 saturated heterocycles. The summed E-state index contributed by atoms with van der Waals surface area (Å²) in [6, 6.07) is 12.2. The minimum atomic E-state index is -0.231. The van der Waals surface area contributed by atoms with E-state index in [2.05, 4.69) is 10.3 Å². The number of amides is 1. The molecule has 2 heterocycles. The van der Waals surface area contributed by atoms with Gasteiger partial charge in [-0.3, -0.25) is 14.2 Å². The number of carbonyl (C=O) groups excluding carboxylic acids is 1. The average Bonchev–Trinajstić information content (AvgIpc) is 3.10. The van der Waals surface area contributed by atoms with Crippen LogP contribution >= 0.6 is 11.6 Å². The molecule has 0 aliphatic carbocycles. The Balaban J connectivity index is 1.64. The maximum atomic E-state index is 12.6. The highest BCUT2D eigenvalue weighted by Crippen LogP contribution is 2.23. The monoisotopic (exact) mass is 367 g/mol. The summed E-state index contributed by atoms with van der Waals surface area (Å²) in [5.74, 6) is 0.575. The van der Waals surface area contributed by atoms with E-state index in [4.69, 9.17) is 11.6 Å². The molecule has 0 bridgehead atoms. The first-order chi connectivity index (χ1) is 12.5. The van der Waals surface area contributed by atoms with Gasteiger partial charge in [-0.1, -0.05) is 29.8 Å². The van der Waals surface area contributed by atoms with Gasteiger partial charge in [0.25, 0.3) is 11.5 Å². The second-order valence-corrected chi connectivity index (χ2v) is 6.94. The number of benzene rings is 2. The van der Waals surface area contributed by atoms with Gasteiger partial charge in [0.1, 0.15) is 5.82 Å². The molecule has 0 spiro atoms. The molecule has 0 radical (unpaired) electrons. The number of aromatic nitrogens is 2. The fraction of sp³-hybridized carbons (Fsp3) is 0.250. The van der Waals surface area contributed by atoms with E-state index in [1.54, 1.807) is 28.8 Å². The smallest absolute Gasteiger partial charge is 0.261 e. The molecule has 1 amide bonds. The van der Waals surface area contributed by atoms with Crippen molar-refractivity contribution >= 4 is 28.4 Å². The van der Waals surface area contributed by atoms with E-state index in [1.807, 2.05) is 25.1 Å². The summed E-state index contributed by atoms with van der Waals surface area (Å²) < 4.78 is 1.72. The minimum Gasteiger partial charge on any atom is -0.345 e. The van der Waals surface area contributed by atoms with Gasteiger partial charge >= 0.3 is 0 Å². The predicted octanol–water partition coefficient (Wildman–Crippen LogP) is 3.49. The Morgan fingerprint density at radius 3 is 2.88 bits per heavy atom. The Morgan fingerprint density at radius 2 is 2.08 bits per heavy atom. The number of carbonyl (C=O) groups is 1. The molecule has 3 aromatic rings. The number of rotatable bonds is 3. The molecule has 1 N–H and O–H groups in total. The van der Waals surface area contributed by atoms with Crippen molar-refractivity contribution in [3.8, 4) is 0 Å². The molecule has 0 saturated carbocycles. The number of nitrogens with one attached hydrogen (secondary N) is 1. The molecule has 0 fully saturated rings. The molecular weight excluding hydrogens is 350 g/mol. The molecule has 1 aliphatic rings. The first-order valence-corrected chi connectivity index (χ1v) is 9.01. The van der Waals surface area contributed by atoms with Crippen LogP contribution < -0.4 is 10.9 Å². The van der Waals surface area contributed by atoms with Crippen molar-refractivity contribution in [3.63, 3.8) is 0 Å². The van der Waals surface area contributed by atoms with Crippen molar-refractivity contribution in [2.45, 2.75) is 32.4 Å². The summed E-state index contributed by atoms with van der Waals surface area (Å²) in [6.45, 7) is 2.60. The third-order valence-electron chi connectivity index (χ3n) is 4.80. The average molecular weight is 368 g/mol. The molecule has 132 valence electrons. The van der Waals surface area contributed by atoms with Crippen LogP contribution in [0.3, 0.4) is 0 Å². The van der Waals surface area contributed by atoms with Crippen LogP contribution in [0.1, 0.15) is 41.1 Å². The number of hydrogen-bond donors (Lipinski definition) is 1. The zero-order valence-corrected chi connectivity index (χ0v) is 15.1. The quantitative estimate of drug-likeness (QED) is 0.770. The second kappa shape index (κ2) is 6.57. The normalized spacial score (nSPS) is 14.2. The van der Waals surface area contributed by atoms with Crippen LogP contribution in [0.25, 0.3) is 10.9 Å². The molecular formula is C20H18ClN3O2. The SMILES string of the molecule is CC(NC(=O)c1ccc2c(=O)n3c(nc2c1)CCC3)c1ccccc1Cl. The van der Waals surface area contributed by atoms with Crippen LogP contribution in [0.5, 0.6) is 0 Å². The van der Waals surface area contributed by atoms with Crippen LogP contribution in [0.4, 0.5) is 0 Å². The van der Waals surface area contributed by atoms with E-state index < -0.39 is 0 Å². The highest BCUT2D eigenvalue weighted by atomic mass is 35.5. The first kappa shape index (κ1) is 16.8. The first-order valence-electron chi connectivity index (χ1n) is 8.63. The van der Waals surface area contributed by atoms with Gasteiger partial charge in [-0.25, -0.2) is 4.98 Å². The van der Waals surface area contributed by atoms with E-state index >= 15 is 0 Å². The van der Waals surface area contributed by atoms with Crippen LogP contribution in [-0.2, 0) is 13.0 Å². The minimum absolute atomic E-state index is 0.0288. The number of nitrogens with zero attached hydrogens (tertiary/aromatic N) is 2. The Morgan fingerprint density at radius 1 is 1.27 bits per heavy atom. The summed E-state index contributed by atoms with van der Waals surface area (Å²) in [6.07, 6.45) is 1.73. The lowest BCUT2D eigenvalue weighted by Gasteiger charge is -2.16. The largest absolute Gasteiger partial charge is 0.345 e. The number of halogens is 1. The van der Waals surface area contributed by atoms with Crippen LogP contribution in [0.15, 0.2) is 47.3 Å². The molecule has 6 heteroatoms. The molecule has 1 aromatic heterocycles. The van der Waals surface area contributed by atoms with Crippen molar-refractivity contribution in [3.05, 3.63) is 74.8 Å². The van der Waals surface area contributed by atoms with Gasteiger partial charge in [0.15, 0.2) is 0 Å². The van der Waals surface area contributed by atoms with E-state index in [9.17, 15) is 9.59 Å². The van der Waals surface area contributed by atoms with Crippen molar-refractivity contribution < 1.29 is 4.79 Å². The van der Waals surface area contributed by atoms with Gasteiger partial charge in [0, 0.05) is 23.6 Å². The molecule has 1 unspecified atom stereocenters. The van der Waals surface area contributed by atoms with Gasteiger partial charge in [-0.15, -0.1) is 0 Å². The van der Waals surface area contributed by atoms with Crippen molar-refractivity contribution in [2.24, 2.45) is 0 Å². The van der Waals surface area contributed by atoms with E-state index in [0.29, 0.717) is 28.0 Å². The molecule has 26 heavy (non-hydrogen) atoms. The second-order valence-electron chi connectivity index (χ2n) is 6.54. The third-order valence-corrected chi connectivity index (χ3v) is 5.14. The maximum absolute atomic E-state index is 12.6. The lowest BCUT2D eigenvalue weighted by atomic mass is 10.1. The predicted molar refractivity (Wildman–Crippen MR) is 102 cm³/mol. The standard InChI is InChI=1S/C20H18ClN3O2/c1-12(14-5-2-3-6-16(14)21)22-19(25)13-8-9-15-17(11-13)23-18-7-4-10-24(18)20(15)26/h2-3,5-6,8-9,11-12H,4,7,10H2,1H3,(H,22,25). The summed E-state index contributed by atoms with van der Waals surface area (Å²) in [4.78, 5) is 29.7. The van der Waals surface area contributed by atoms with Crippen molar-refractivity contribution in [1.82, 2.24) is 14.9 Å².